The van der Waals surface area contributed by atoms with Gasteiger partial charge in [0.25, 0.3) is 5.91 Å². The zero-order valence-corrected chi connectivity index (χ0v) is 10.2. The minimum absolute atomic E-state index is 0.0772. The van der Waals surface area contributed by atoms with Crippen LogP contribution in [-0.4, -0.2) is 45.3 Å². The summed E-state index contributed by atoms with van der Waals surface area (Å²) in [6.45, 7) is 2.75. The van der Waals surface area contributed by atoms with Crippen LogP contribution in [0.4, 0.5) is 0 Å². The van der Waals surface area contributed by atoms with Crippen molar-refractivity contribution in [1.82, 2.24) is 4.90 Å². The summed E-state index contributed by atoms with van der Waals surface area (Å²) in [4.78, 5) is 13.8. The fraction of sp³-hybridized carbons (Fsp3) is 0.462. The quantitative estimate of drug-likeness (QED) is 0.683. The van der Waals surface area contributed by atoms with Crippen molar-refractivity contribution in [1.29, 1.82) is 0 Å². The number of aliphatic hydroxyl groups is 1. The minimum Gasteiger partial charge on any atom is -0.504 e. The van der Waals surface area contributed by atoms with Crippen LogP contribution in [0, 0.1) is 5.92 Å². The Bertz CT molecular complexity index is 458. The molecule has 2 unspecified atom stereocenters. The molecular weight excluding hydrogens is 234 g/mol. The number of likely N-dealkylation sites (tertiary alicyclic amines) is 1. The van der Waals surface area contributed by atoms with E-state index in [1.165, 1.54) is 18.2 Å². The van der Waals surface area contributed by atoms with E-state index in [1.54, 1.807) is 11.8 Å². The summed E-state index contributed by atoms with van der Waals surface area (Å²) in [5, 5.41) is 28.5. The SMILES string of the molecule is CC(O)C1CCN(C(=O)c2cccc(O)c2O)C1. The number of hydrogen-bond donors (Lipinski definition) is 3. The second-order valence-electron chi connectivity index (χ2n) is 4.71. The number of nitrogens with zero attached hydrogens (tertiary/aromatic N) is 1. The first-order valence-corrected chi connectivity index (χ1v) is 5.99. The number of aromatic hydroxyl groups is 2. The highest BCUT2D eigenvalue weighted by molar-refractivity contribution is 5.97. The van der Waals surface area contributed by atoms with E-state index < -0.39 is 6.10 Å². The van der Waals surface area contributed by atoms with Crippen molar-refractivity contribution < 1.29 is 20.1 Å². The Morgan fingerprint density at radius 1 is 1.44 bits per heavy atom. The summed E-state index contributed by atoms with van der Waals surface area (Å²) in [5.74, 6) is -0.921. The maximum atomic E-state index is 12.2. The van der Waals surface area contributed by atoms with Crippen LogP contribution in [0.25, 0.3) is 0 Å². The molecule has 1 heterocycles. The fourth-order valence-corrected chi connectivity index (χ4v) is 2.24. The summed E-state index contributed by atoms with van der Waals surface area (Å²) in [6.07, 6.45) is 0.309. The van der Waals surface area contributed by atoms with E-state index >= 15 is 0 Å². The molecule has 1 fully saturated rings. The van der Waals surface area contributed by atoms with Crippen molar-refractivity contribution in [3.8, 4) is 11.5 Å². The largest absolute Gasteiger partial charge is 0.504 e. The number of carbonyl (C=O) groups excluding carboxylic acids is 1. The molecule has 1 amide bonds. The molecule has 18 heavy (non-hydrogen) atoms. The van der Waals surface area contributed by atoms with Gasteiger partial charge in [-0.3, -0.25) is 4.79 Å². The number of carbonyl (C=O) groups is 1. The number of aliphatic hydroxyl groups excluding tert-OH is 1. The lowest BCUT2D eigenvalue weighted by atomic mass is 10.0. The van der Waals surface area contributed by atoms with Crippen LogP contribution in [0.15, 0.2) is 18.2 Å². The predicted molar refractivity (Wildman–Crippen MR) is 65.5 cm³/mol. The van der Waals surface area contributed by atoms with Gasteiger partial charge < -0.3 is 20.2 Å². The maximum Gasteiger partial charge on any atom is 0.257 e. The first-order valence-electron chi connectivity index (χ1n) is 5.99. The Hall–Kier alpha value is -1.75. The van der Waals surface area contributed by atoms with E-state index in [4.69, 9.17) is 0 Å². The smallest absolute Gasteiger partial charge is 0.257 e. The third-order valence-electron chi connectivity index (χ3n) is 3.44. The van der Waals surface area contributed by atoms with E-state index in [-0.39, 0.29) is 28.9 Å². The molecule has 0 bridgehead atoms. The lowest BCUT2D eigenvalue weighted by molar-refractivity contribution is 0.0759. The normalized spacial score (nSPS) is 21.0. The van der Waals surface area contributed by atoms with Crippen LogP contribution in [-0.2, 0) is 0 Å². The number of para-hydroxylation sites is 1. The monoisotopic (exact) mass is 251 g/mol. The van der Waals surface area contributed by atoms with Gasteiger partial charge in [-0.15, -0.1) is 0 Å². The van der Waals surface area contributed by atoms with E-state index in [9.17, 15) is 20.1 Å². The standard InChI is InChI=1S/C13H17NO4/c1-8(15)9-5-6-14(7-9)13(18)10-3-2-4-11(16)12(10)17/h2-4,8-9,15-17H,5-7H2,1H3. The van der Waals surface area contributed by atoms with Crippen molar-refractivity contribution in [2.24, 2.45) is 5.92 Å². The van der Waals surface area contributed by atoms with Gasteiger partial charge in [0.2, 0.25) is 0 Å². The van der Waals surface area contributed by atoms with Gasteiger partial charge in [-0.1, -0.05) is 6.07 Å². The maximum absolute atomic E-state index is 12.2. The summed E-state index contributed by atoms with van der Waals surface area (Å²) in [6, 6.07) is 4.33. The molecule has 1 aliphatic heterocycles. The van der Waals surface area contributed by atoms with Gasteiger partial charge in [0.1, 0.15) is 0 Å². The zero-order chi connectivity index (χ0) is 13.3. The van der Waals surface area contributed by atoms with Crippen molar-refractivity contribution >= 4 is 5.91 Å². The fourth-order valence-electron chi connectivity index (χ4n) is 2.24. The van der Waals surface area contributed by atoms with Gasteiger partial charge in [-0.2, -0.15) is 0 Å². The topological polar surface area (TPSA) is 81.0 Å². The van der Waals surface area contributed by atoms with Crippen molar-refractivity contribution in [2.45, 2.75) is 19.4 Å². The molecule has 0 aromatic heterocycles. The molecular formula is C13H17NO4. The first kappa shape index (κ1) is 12.7. The molecule has 3 N–H and O–H groups in total. The molecule has 5 nitrogen and oxygen atoms in total. The van der Waals surface area contributed by atoms with E-state index in [0.717, 1.165) is 6.42 Å². The Morgan fingerprint density at radius 2 is 2.17 bits per heavy atom. The summed E-state index contributed by atoms with van der Waals surface area (Å²) in [5.41, 5.74) is 0.0984. The molecule has 0 radical (unpaired) electrons. The van der Waals surface area contributed by atoms with E-state index in [0.29, 0.717) is 13.1 Å². The van der Waals surface area contributed by atoms with Gasteiger partial charge in [0, 0.05) is 19.0 Å². The molecule has 1 aromatic rings. The molecule has 5 heteroatoms. The van der Waals surface area contributed by atoms with Gasteiger partial charge in [0.15, 0.2) is 11.5 Å². The summed E-state index contributed by atoms with van der Waals surface area (Å²) in [7, 11) is 0. The van der Waals surface area contributed by atoms with Gasteiger partial charge in [-0.25, -0.2) is 0 Å². The van der Waals surface area contributed by atoms with Crippen LogP contribution < -0.4 is 0 Å². The van der Waals surface area contributed by atoms with E-state index in [1.807, 2.05) is 0 Å². The highest BCUT2D eigenvalue weighted by Gasteiger charge is 2.30. The average molecular weight is 251 g/mol. The molecule has 0 spiro atoms. The van der Waals surface area contributed by atoms with Crippen LogP contribution in [0.5, 0.6) is 11.5 Å². The van der Waals surface area contributed by atoms with Gasteiger partial charge in [0.05, 0.1) is 11.7 Å². The van der Waals surface area contributed by atoms with Gasteiger partial charge in [-0.05, 0) is 25.5 Å². The predicted octanol–water partition coefficient (Wildman–Crippen LogP) is 0.941. The van der Waals surface area contributed by atoms with Crippen LogP contribution >= 0.6 is 0 Å². The van der Waals surface area contributed by atoms with Crippen molar-refractivity contribution in [3.05, 3.63) is 23.8 Å². The second kappa shape index (κ2) is 4.86. The Morgan fingerprint density at radius 3 is 2.78 bits per heavy atom. The highest BCUT2D eigenvalue weighted by Crippen LogP contribution is 2.30. The van der Waals surface area contributed by atoms with Crippen molar-refractivity contribution in [2.75, 3.05) is 13.1 Å². The second-order valence-corrected chi connectivity index (χ2v) is 4.71. The van der Waals surface area contributed by atoms with E-state index in [2.05, 4.69) is 0 Å². The number of phenols is 2. The Balaban J connectivity index is 2.16. The van der Waals surface area contributed by atoms with Gasteiger partial charge >= 0.3 is 0 Å². The molecule has 1 saturated heterocycles. The molecule has 1 aliphatic rings. The number of hydrogen-bond acceptors (Lipinski definition) is 4. The molecule has 0 saturated carbocycles. The number of amides is 1. The average Bonchev–Trinajstić information content (AvgIpc) is 2.81. The third kappa shape index (κ3) is 2.26. The number of phenolic OH excluding ortho intramolecular Hbond substituents is 2. The summed E-state index contributed by atoms with van der Waals surface area (Å²) >= 11 is 0. The molecule has 2 atom stereocenters. The van der Waals surface area contributed by atoms with Crippen LogP contribution in [0.2, 0.25) is 0 Å². The van der Waals surface area contributed by atoms with Crippen LogP contribution in [0.3, 0.4) is 0 Å². The lowest BCUT2D eigenvalue weighted by Crippen LogP contribution is -2.30. The molecule has 98 valence electrons. The lowest BCUT2D eigenvalue weighted by Gasteiger charge is -2.18. The molecule has 1 aromatic carbocycles. The summed E-state index contributed by atoms with van der Waals surface area (Å²) < 4.78 is 0. The molecule has 0 aliphatic carbocycles. The first-order chi connectivity index (χ1) is 8.50. The number of rotatable bonds is 2. The van der Waals surface area contributed by atoms with Crippen LogP contribution in [0.1, 0.15) is 23.7 Å². The minimum atomic E-state index is -0.444. The Kier molecular flexibility index (Phi) is 3.43. The van der Waals surface area contributed by atoms with Crippen molar-refractivity contribution in [3.63, 3.8) is 0 Å². The molecule has 2 rings (SSSR count). The Labute approximate surface area is 105 Å². The third-order valence-corrected chi connectivity index (χ3v) is 3.44. The zero-order valence-electron chi connectivity index (χ0n) is 10.2. The number of benzene rings is 1. The highest BCUT2D eigenvalue weighted by atomic mass is 16.3.